The van der Waals surface area contributed by atoms with Gasteiger partial charge in [0.25, 0.3) is 0 Å². The number of thiophene rings is 1. The molecule has 0 aliphatic heterocycles. The Morgan fingerprint density at radius 3 is 2.74 bits per heavy atom. The number of hydrogen-bond acceptors (Lipinski definition) is 6. The molecule has 19 heavy (non-hydrogen) atoms. The van der Waals surface area contributed by atoms with Crippen LogP contribution in [0.4, 0.5) is 0 Å². The molecule has 0 aromatic carbocycles. The van der Waals surface area contributed by atoms with E-state index in [0.717, 1.165) is 24.3 Å². The first kappa shape index (κ1) is 16.1. The zero-order valence-electron chi connectivity index (χ0n) is 10.9. The van der Waals surface area contributed by atoms with Crippen molar-refractivity contribution in [3.63, 3.8) is 0 Å². The quantitative estimate of drug-likeness (QED) is 0.548. The fourth-order valence-electron chi connectivity index (χ4n) is 1.40. The minimum absolute atomic E-state index is 0.0279. The first-order chi connectivity index (χ1) is 9.03. The maximum absolute atomic E-state index is 12.0. The number of nitrogens with one attached hydrogen (secondary N) is 2. The summed E-state index contributed by atoms with van der Waals surface area (Å²) in [5.41, 5.74) is 0. The Kier molecular flexibility index (Phi) is 6.43. The zero-order valence-corrected chi connectivity index (χ0v) is 12.6. The van der Waals surface area contributed by atoms with Crippen LogP contribution >= 0.6 is 11.3 Å². The molecule has 0 aliphatic carbocycles. The summed E-state index contributed by atoms with van der Waals surface area (Å²) in [4.78, 5) is 11.5. The number of carbonyl (C=O) groups is 1. The molecular weight excluding hydrogens is 288 g/mol. The topological polar surface area (TPSA) is 84.5 Å². The fourth-order valence-corrected chi connectivity index (χ4v) is 3.77. The van der Waals surface area contributed by atoms with Gasteiger partial charge in [-0.05, 0) is 24.4 Å². The van der Waals surface area contributed by atoms with Crippen molar-refractivity contribution in [1.29, 1.82) is 0 Å². The molecule has 0 radical (unpaired) electrons. The van der Waals surface area contributed by atoms with Crippen LogP contribution in [0.5, 0.6) is 0 Å². The summed E-state index contributed by atoms with van der Waals surface area (Å²) in [5, 5.41) is 4.64. The van der Waals surface area contributed by atoms with Crippen LogP contribution in [-0.2, 0) is 14.8 Å². The Bertz CT molecular complexity index is 511. The van der Waals surface area contributed by atoms with Crippen molar-refractivity contribution < 1.29 is 17.9 Å². The Hall–Kier alpha value is -0.960. The SMILES string of the molecule is CCCNCCNS(=O)(=O)c1ccsc1C(=O)OC. The molecule has 0 saturated heterocycles. The molecule has 6 nitrogen and oxygen atoms in total. The lowest BCUT2D eigenvalue weighted by Gasteiger charge is -2.07. The van der Waals surface area contributed by atoms with E-state index in [-0.39, 0.29) is 16.3 Å². The summed E-state index contributed by atoms with van der Waals surface area (Å²) in [6, 6.07) is 1.40. The number of sulfonamides is 1. The van der Waals surface area contributed by atoms with Gasteiger partial charge in [0.15, 0.2) is 0 Å². The third-order valence-corrected chi connectivity index (χ3v) is 4.84. The van der Waals surface area contributed by atoms with Crippen molar-refractivity contribution in [3.8, 4) is 0 Å². The van der Waals surface area contributed by atoms with Gasteiger partial charge in [-0.3, -0.25) is 0 Å². The molecule has 0 atom stereocenters. The average molecular weight is 306 g/mol. The maximum atomic E-state index is 12.0. The molecule has 1 rings (SSSR count). The predicted octanol–water partition coefficient (Wildman–Crippen LogP) is 0.813. The number of ether oxygens (including phenoxy) is 1. The highest BCUT2D eigenvalue weighted by molar-refractivity contribution is 7.89. The molecule has 0 fully saturated rings. The van der Waals surface area contributed by atoms with E-state index >= 15 is 0 Å². The fraction of sp³-hybridized carbons (Fsp3) is 0.545. The summed E-state index contributed by atoms with van der Waals surface area (Å²) in [6.45, 7) is 3.70. The first-order valence-corrected chi connectivity index (χ1v) is 8.25. The van der Waals surface area contributed by atoms with E-state index in [1.54, 1.807) is 5.38 Å². The molecular formula is C11H18N2O4S2. The van der Waals surface area contributed by atoms with Crippen LogP contribution in [0.1, 0.15) is 23.0 Å². The van der Waals surface area contributed by atoms with Gasteiger partial charge in [-0.2, -0.15) is 0 Å². The van der Waals surface area contributed by atoms with Crippen LogP contribution in [0.25, 0.3) is 0 Å². The molecule has 0 aliphatic rings. The van der Waals surface area contributed by atoms with Crippen LogP contribution in [-0.4, -0.2) is 41.1 Å². The highest BCUT2D eigenvalue weighted by atomic mass is 32.2. The van der Waals surface area contributed by atoms with Gasteiger partial charge in [0.1, 0.15) is 9.77 Å². The van der Waals surface area contributed by atoms with Gasteiger partial charge in [0.05, 0.1) is 7.11 Å². The summed E-state index contributed by atoms with van der Waals surface area (Å²) in [6.07, 6.45) is 0.990. The van der Waals surface area contributed by atoms with Crippen molar-refractivity contribution in [3.05, 3.63) is 16.3 Å². The van der Waals surface area contributed by atoms with Crippen LogP contribution in [0.3, 0.4) is 0 Å². The van der Waals surface area contributed by atoms with Gasteiger partial charge in [-0.25, -0.2) is 17.9 Å². The summed E-state index contributed by atoms with van der Waals surface area (Å²) < 4.78 is 31.1. The van der Waals surface area contributed by atoms with Crippen LogP contribution in [0, 0.1) is 0 Å². The Morgan fingerprint density at radius 2 is 2.11 bits per heavy atom. The molecule has 108 valence electrons. The van der Waals surface area contributed by atoms with E-state index in [0.29, 0.717) is 6.54 Å². The van der Waals surface area contributed by atoms with Crippen molar-refractivity contribution in [2.45, 2.75) is 18.2 Å². The minimum atomic E-state index is -3.67. The normalized spacial score (nSPS) is 11.5. The molecule has 1 heterocycles. The molecule has 1 aromatic heterocycles. The van der Waals surface area contributed by atoms with Gasteiger partial charge in [0.2, 0.25) is 10.0 Å². The predicted molar refractivity (Wildman–Crippen MR) is 74.0 cm³/mol. The number of methoxy groups -OCH3 is 1. The highest BCUT2D eigenvalue weighted by Gasteiger charge is 2.23. The molecule has 0 saturated carbocycles. The van der Waals surface area contributed by atoms with E-state index in [4.69, 9.17) is 0 Å². The Balaban J connectivity index is 2.67. The molecule has 2 N–H and O–H groups in total. The molecule has 0 spiro atoms. The third kappa shape index (κ3) is 4.57. The van der Waals surface area contributed by atoms with Crippen molar-refractivity contribution in [2.75, 3.05) is 26.7 Å². The lowest BCUT2D eigenvalue weighted by atomic mass is 10.5. The minimum Gasteiger partial charge on any atom is -0.465 e. The van der Waals surface area contributed by atoms with Crippen molar-refractivity contribution in [2.24, 2.45) is 0 Å². The van der Waals surface area contributed by atoms with Crippen molar-refractivity contribution in [1.82, 2.24) is 10.0 Å². The van der Waals surface area contributed by atoms with E-state index in [1.807, 2.05) is 6.92 Å². The van der Waals surface area contributed by atoms with Gasteiger partial charge in [-0.15, -0.1) is 11.3 Å². The number of rotatable bonds is 8. The van der Waals surface area contributed by atoms with Crippen LogP contribution < -0.4 is 10.0 Å². The lowest BCUT2D eigenvalue weighted by molar-refractivity contribution is 0.0602. The number of hydrogen-bond donors (Lipinski definition) is 2. The van der Waals surface area contributed by atoms with Crippen LogP contribution in [0.15, 0.2) is 16.3 Å². The zero-order chi connectivity index (χ0) is 14.3. The van der Waals surface area contributed by atoms with Gasteiger partial charge >= 0.3 is 5.97 Å². The van der Waals surface area contributed by atoms with Crippen LogP contribution in [0.2, 0.25) is 0 Å². The molecule has 8 heteroatoms. The van der Waals surface area contributed by atoms with Gasteiger partial charge < -0.3 is 10.1 Å². The molecule has 1 aromatic rings. The first-order valence-electron chi connectivity index (χ1n) is 5.89. The Labute approximate surface area is 117 Å². The van der Waals surface area contributed by atoms with Gasteiger partial charge in [-0.1, -0.05) is 6.92 Å². The van der Waals surface area contributed by atoms with E-state index < -0.39 is 16.0 Å². The lowest BCUT2D eigenvalue weighted by Crippen LogP contribution is -2.32. The van der Waals surface area contributed by atoms with E-state index in [1.165, 1.54) is 13.2 Å². The number of esters is 1. The summed E-state index contributed by atoms with van der Waals surface area (Å²) >= 11 is 1.05. The number of carbonyl (C=O) groups excluding carboxylic acids is 1. The Morgan fingerprint density at radius 1 is 1.37 bits per heavy atom. The third-order valence-electron chi connectivity index (χ3n) is 2.31. The summed E-state index contributed by atoms with van der Waals surface area (Å²) in [7, 11) is -2.45. The van der Waals surface area contributed by atoms with Gasteiger partial charge in [0, 0.05) is 13.1 Å². The summed E-state index contributed by atoms with van der Waals surface area (Å²) in [5.74, 6) is -0.639. The largest absolute Gasteiger partial charge is 0.465 e. The second-order valence-corrected chi connectivity index (χ2v) is 6.40. The van der Waals surface area contributed by atoms with Crippen molar-refractivity contribution >= 4 is 27.3 Å². The van der Waals surface area contributed by atoms with E-state index in [2.05, 4.69) is 14.8 Å². The maximum Gasteiger partial charge on any atom is 0.349 e. The molecule has 0 bridgehead atoms. The monoisotopic (exact) mass is 306 g/mol. The molecule has 0 unspecified atom stereocenters. The second-order valence-electron chi connectivity index (χ2n) is 3.75. The second kappa shape index (κ2) is 7.59. The van der Waals surface area contributed by atoms with E-state index in [9.17, 15) is 13.2 Å². The molecule has 0 amide bonds. The average Bonchev–Trinajstić information content (AvgIpc) is 2.87. The smallest absolute Gasteiger partial charge is 0.349 e. The highest BCUT2D eigenvalue weighted by Crippen LogP contribution is 2.22. The standard InChI is InChI=1S/C11H18N2O4S2/c1-3-5-12-6-7-13-19(15,16)9-4-8-18-10(9)11(14)17-2/h4,8,12-13H,3,5-7H2,1-2H3.